The van der Waals surface area contributed by atoms with E-state index < -0.39 is 35.9 Å². The Morgan fingerprint density at radius 3 is 1.21 bits per heavy atom. The second-order valence-corrected chi connectivity index (χ2v) is 42.9. The van der Waals surface area contributed by atoms with Gasteiger partial charge in [-0.15, -0.1) is 0 Å². The fourth-order valence-electron chi connectivity index (χ4n) is 15.6. The molecule has 0 unspecified atom stereocenters. The number of nitrogens with one attached hydrogen (secondary N) is 6. The van der Waals surface area contributed by atoms with Crippen LogP contribution in [0.15, 0.2) is 97.5 Å². The first-order chi connectivity index (χ1) is 66.0. The third-order valence-corrected chi connectivity index (χ3v) is 24.8. The van der Waals surface area contributed by atoms with E-state index in [0.29, 0.717) is 107 Å². The molecular weight excluding hydrogens is 1880 g/mol. The van der Waals surface area contributed by atoms with Gasteiger partial charge >= 0.3 is 6.18 Å². The average molecular weight is 2010 g/mol. The molecule has 12 aromatic heterocycles. The van der Waals surface area contributed by atoms with Gasteiger partial charge in [0.25, 0.3) is 5.92 Å². The van der Waals surface area contributed by atoms with Gasteiger partial charge in [0.15, 0.2) is 33.9 Å². The lowest BCUT2D eigenvalue weighted by molar-refractivity contribution is -0.146. The number of fused-ring (bicyclic) bond motifs is 6. The van der Waals surface area contributed by atoms with Crippen LogP contribution in [-0.2, 0) is 51.2 Å². The van der Waals surface area contributed by atoms with Crippen molar-refractivity contribution in [2.75, 3.05) is 45.1 Å². The highest BCUT2D eigenvalue weighted by Gasteiger charge is 2.49. The molecule has 6 amide bonds. The van der Waals surface area contributed by atoms with Gasteiger partial charge in [0.1, 0.15) is 60.5 Å². The lowest BCUT2D eigenvalue weighted by atomic mass is 9.85. The minimum absolute atomic E-state index is 0.0148. The minimum Gasteiger partial charge on any atom is -0.375 e. The number of carbonyl (C=O) groups excluding carboxylic acids is 6. The third-order valence-electron chi connectivity index (χ3n) is 24.1. The maximum Gasteiger partial charge on any atom is 0.406 e. The van der Waals surface area contributed by atoms with E-state index in [1.54, 1.807) is 35.0 Å². The number of halogens is 8. The van der Waals surface area contributed by atoms with Gasteiger partial charge < -0.3 is 9.47 Å². The maximum atomic E-state index is 13.7. The van der Waals surface area contributed by atoms with E-state index in [0.717, 1.165) is 125 Å². The Hall–Kier alpha value is -11.8. The van der Waals surface area contributed by atoms with Crippen molar-refractivity contribution in [2.45, 2.75) is 315 Å². The second-order valence-electron chi connectivity index (χ2n) is 41.7. The molecule has 0 saturated heterocycles. The van der Waals surface area contributed by atoms with E-state index in [1.165, 1.54) is 50.8 Å². The number of carbonyl (C=O) groups is 6. The molecule has 13 aromatic rings. The number of imidazole rings is 6. The van der Waals surface area contributed by atoms with Crippen molar-refractivity contribution in [1.82, 2.24) is 87.2 Å². The van der Waals surface area contributed by atoms with E-state index in [9.17, 15) is 50.7 Å². The van der Waals surface area contributed by atoms with Crippen LogP contribution in [0.3, 0.4) is 0 Å². The Labute approximate surface area is 832 Å². The van der Waals surface area contributed by atoms with Crippen molar-refractivity contribution in [3.63, 3.8) is 0 Å². The van der Waals surface area contributed by atoms with Gasteiger partial charge in [-0.2, -0.15) is 13.2 Å². The molecule has 6 N–H and O–H groups in total. The molecule has 0 aliphatic heterocycles. The van der Waals surface area contributed by atoms with E-state index in [1.807, 2.05) is 163 Å². The second kappa shape index (κ2) is 44.8. The predicted molar refractivity (Wildman–Crippen MR) is 542 cm³/mol. The van der Waals surface area contributed by atoms with Gasteiger partial charge in [-0.05, 0) is 262 Å². The molecule has 1 aromatic carbocycles. The summed E-state index contributed by atoms with van der Waals surface area (Å²) in [5.74, 6) is -2.20. The van der Waals surface area contributed by atoms with Gasteiger partial charge in [-0.3, -0.25) is 88.1 Å². The predicted octanol–water partition coefficient (Wildman–Crippen LogP) is 23.7. The summed E-state index contributed by atoms with van der Waals surface area (Å²) in [5.41, 5.74) is 10.6. The van der Waals surface area contributed by atoms with E-state index >= 15 is 0 Å². The monoisotopic (exact) mass is 2010 g/mol. The first kappa shape index (κ1) is 108. The highest BCUT2D eigenvalue weighted by atomic mass is 35.5. The summed E-state index contributed by atoms with van der Waals surface area (Å²) in [5, 5.41) is 17.6. The van der Waals surface area contributed by atoms with E-state index in [-0.39, 0.29) is 98.8 Å². The Kier molecular flexibility index (Phi) is 34.3. The molecule has 0 bridgehead atoms. The van der Waals surface area contributed by atoms with E-state index in [4.69, 9.17) is 44.3 Å². The standard InChI is InChI=1S/C20H22N4O.C18H26N4O2.C17H24N4O.C16H19ClF2N4O.C16H23ClN4O2.C14H16ClF3N4O/c1-13-6-8-15(9-7-13)11-18(25)23-20-22-17-10-14(2)12-21-19(17)24(20)16-4-3-5-16;1-12-8-10-19-16-15(12)21-17(22(16)13-6-5-7-13)20-14(23)9-11-24-18(2,3)4;1-11-8-9-18-15-14(11)20-16(21(15)12-6-5-7-12)19-13(22)10-17(2,3)4;1-15(2,16(3,18)19)13(24)22-14-20-10-7-8-11(17)21-12(10)23(14)9-5-4-6-9;1-10(2)21-14-11(6-7-12(17)19-14)18-15(21)20-13(22)8-9-23-16(3,4)5;1-13(2,3)6-10(23)21-12-19-8-4-5-9(15)20-11(8)22(12)7-14(16,17)18/h6-10,12,16H,3-5,11H2,1-2H3,(H,22,23,25);8,10,13H,5-7,9,11H2,1-4H3,(H,20,21,23);8-9,12H,5-7,10H2,1-4H3,(H,19,20,22);7-9H,4-6H2,1-3H3,(H,20,22,24);6-7,10H,8-9H2,1-5H3,(H,18,20,22);4-5H,6-7H2,1-3H3,(H,19,21,23). The smallest absolute Gasteiger partial charge is 0.375 e. The average Bonchev–Trinajstić information content (AvgIpc) is 1.37. The van der Waals surface area contributed by atoms with Crippen LogP contribution in [0.2, 0.25) is 15.5 Å². The molecule has 0 radical (unpaired) electrons. The van der Waals surface area contributed by atoms with E-state index in [2.05, 4.69) is 126 Å². The number of aryl methyl sites for hydroxylation is 4. The number of rotatable bonds is 24. The summed E-state index contributed by atoms with van der Waals surface area (Å²) in [6.45, 7) is 38.3. The van der Waals surface area contributed by atoms with Crippen LogP contribution >= 0.6 is 34.8 Å². The molecule has 12 heterocycles. The number of ether oxygens (including phenoxy) is 2. The lowest BCUT2D eigenvalue weighted by Crippen LogP contribution is -2.44. The molecule has 32 nitrogen and oxygen atoms in total. The van der Waals surface area contributed by atoms with Crippen LogP contribution in [0, 0.1) is 43.9 Å². The number of benzene rings is 1. The summed E-state index contributed by atoms with van der Waals surface area (Å²) in [7, 11) is 0. The first-order valence-corrected chi connectivity index (χ1v) is 48.9. The maximum absolute atomic E-state index is 13.7. The molecule has 4 fully saturated rings. The molecule has 40 heteroatoms. The highest BCUT2D eigenvalue weighted by Crippen LogP contribution is 2.44. The fourth-order valence-corrected chi connectivity index (χ4v) is 16.0. The number of alkyl halides is 5. The van der Waals surface area contributed by atoms with Crippen molar-refractivity contribution in [2.24, 2.45) is 16.2 Å². The van der Waals surface area contributed by atoms with Crippen molar-refractivity contribution < 1.29 is 60.2 Å². The lowest BCUT2D eigenvalue weighted by Gasteiger charge is -2.31. The first-order valence-electron chi connectivity index (χ1n) is 47.7. The van der Waals surface area contributed by atoms with Crippen molar-refractivity contribution in [3.8, 4) is 0 Å². The minimum atomic E-state index is -4.48. The van der Waals surface area contributed by atoms with Crippen LogP contribution in [0.25, 0.3) is 67.0 Å². The van der Waals surface area contributed by atoms with Crippen LogP contribution in [0.1, 0.15) is 278 Å². The van der Waals surface area contributed by atoms with Crippen LogP contribution in [0.5, 0.6) is 0 Å². The Bertz CT molecular complexity index is 6650. The number of pyridine rings is 6. The molecule has 17 rings (SSSR count). The topological polar surface area (TPSA) is 377 Å². The molecule has 4 aliphatic rings. The zero-order chi connectivity index (χ0) is 103. The Morgan fingerprint density at radius 2 is 0.780 bits per heavy atom. The zero-order valence-corrected chi connectivity index (χ0v) is 86.4. The fraction of sp³-hybridized carbons (Fsp3) is 0.525. The van der Waals surface area contributed by atoms with Crippen molar-refractivity contribution >= 4 is 173 Å². The molecule has 758 valence electrons. The summed E-state index contributed by atoms with van der Waals surface area (Å²) in [6.07, 6.45) is 15.8. The summed E-state index contributed by atoms with van der Waals surface area (Å²) in [6, 6.07) is 25.0. The zero-order valence-electron chi connectivity index (χ0n) is 84.1. The number of nitrogens with zero attached hydrogens (tertiary/aromatic N) is 18. The SMILES string of the molecule is CC(C)(C)CC(=O)Nc1nc2ccc(Cl)nc2n1CC(F)(F)F.CC(C)n1c(NC(=O)CCOC(C)(C)C)nc2ccc(Cl)nc21.CC(F)(F)C(C)(C)C(=O)Nc1nc2ccc(Cl)nc2n1C1CCC1.Cc1ccc(CC(=O)Nc2nc3cc(C)cnc3n2C2CCC2)cc1.Cc1ccnc2c1nc(NC(=O)CC(C)(C)C)n2C1CCC1.Cc1ccnc2c1nc(NC(=O)CCOC(C)(C)C)n2C1CCC1. The molecular formula is C101H130Cl3F5N24O8. The number of anilines is 6. The normalized spacial score (nSPS) is 14.5. The number of amides is 6. The van der Waals surface area contributed by atoms with Crippen LogP contribution in [-0.4, -0.2) is 159 Å². The number of hydrogen-bond donors (Lipinski definition) is 6. The summed E-state index contributed by atoms with van der Waals surface area (Å²) in [4.78, 5) is 126. The quantitative estimate of drug-likeness (QED) is 0.0242. The Morgan fingerprint density at radius 1 is 0.404 bits per heavy atom. The molecule has 0 spiro atoms. The number of hydrogen-bond acceptors (Lipinski definition) is 20. The van der Waals surface area contributed by atoms with Gasteiger partial charge in [-0.1, -0.05) is 106 Å². The summed E-state index contributed by atoms with van der Waals surface area (Å²) >= 11 is 17.7. The van der Waals surface area contributed by atoms with Crippen LogP contribution in [0.4, 0.5) is 57.6 Å². The molecule has 141 heavy (non-hydrogen) atoms. The molecule has 0 atom stereocenters. The van der Waals surface area contributed by atoms with Gasteiger partial charge in [-0.25, -0.2) is 68.6 Å². The Balaban J connectivity index is 0.000000151. The summed E-state index contributed by atoms with van der Waals surface area (Å²) < 4.78 is 87.9. The molecule has 4 saturated carbocycles. The third kappa shape index (κ3) is 28.8. The number of aromatic nitrogens is 18. The highest BCUT2D eigenvalue weighted by molar-refractivity contribution is 6.30. The van der Waals surface area contributed by atoms with Crippen molar-refractivity contribution in [1.29, 1.82) is 0 Å². The van der Waals surface area contributed by atoms with Crippen LogP contribution < -0.4 is 31.9 Å². The van der Waals surface area contributed by atoms with Gasteiger partial charge in [0, 0.05) is 68.6 Å². The molecule has 4 aliphatic carbocycles. The van der Waals surface area contributed by atoms with Crippen molar-refractivity contribution in [3.05, 3.63) is 141 Å². The van der Waals surface area contributed by atoms with Gasteiger partial charge in [0.2, 0.25) is 71.1 Å². The largest absolute Gasteiger partial charge is 0.406 e. The van der Waals surface area contributed by atoms with Gasteiger partial charge in [0.05, 0.1) is 43.7 Å².